The smallest absolute Gasteiger partial charge is 0.326 e. The Morgan fingerprint density at radius 3 is 1.36 bits per heavy atom. The fourth-order valence-electron chi connectivity index (χ4n) is 16.4. The van der Waals surface area contributed by atoms with Gasteiger partial charge in [0.1, 0.15) is 90.3 Å². The van der Waals surface area contributed by atoms with Gasteiger partial charge in [0.2, 0.25) is 106 Å². The van der Waals surface area contributed by atoms with E-state index in [9.17, 15) is 102 Å². The van der Waals surface area contributed by atoms with Crippen molar-refractivity contribution in [2.45, 2.75) is 238 Å². The fraction of sp³-hybridized carbons (Fsp3) is 0.538. The number of aliphatic carboxylic acids is 3. The standard InChI is InChI=1S/C93H134N26O26S/c1-146-39-32-62(110-80(132)58(20-8-10-33-94)107-86(138)65(42-54-26-28-56(121)29-27-54)115-88(140)69-23-13-36-117(69)75(125)49-102-73(123)47-103-78(130)57(96)44-76(126)127)84(136)109-61(30-31-72(97)122)83(135)114-66(43-55-46-100-51-105-55)87(139)113-64(41-53-18-6-3-7-19-53)85(137)108-60(22-12-35-101-93(98)99)81(133)112-63(40-52-16-4-2-5-17-52)79(131)104-48-74(124)106-68(50-120)90(142)119-38-15-25-71(119)91(143)118-37-14-24-70(118)89(141)111-59(21-9-11-34-95)82(134)116-67(92(144)145)45-77(128)129/h2-7,16-19,26-29,46,51,57-71,120-121H,8-15,20-25,30-45,47-50,94-96H2,1H3,(H2,97,122)(H,100,105)(H,102,123)(H,103,130)(H,104,131)(H,106,124)(H,107,138)(H,108,137)(H,109,136)(H,110,132)(H,111,141)(H,112,133)(H,113,139)(H,114,135)(H,115,140)(H,116,134)(H,126,127)(H,128,129)(H,144,145)(H4,98,99,101)/t57-,58-,59-,60-,61-,62-,63-,64-,65-,66-,67-,68-,69-,70-,71-/m0/s1. The summed E-state index contributed by atoms with van der Waals surface area (Å²) in [5.41, 5.74) is 30.0. The molecule has 0 saturated carbocycles. The number of phenols is 1. The second kappa shape index (κ2) is 61.2. The normalized spacial score (nSPS) is 16.6. The van der Waals surface area contributed by atoms with Crippen LogP contribution in [-0.4, -0.2) is 349 Å². The van der Waals surface area contributed by atoms with Gasteiger partial charge in [-0.2, -0.15) is 11.8 Å². The molecule has 0 spiro atoms. The number of hydrogen-bond acceptors (Lipinski definition) is 29. The summed E-state index contributed by atoms with van der Waals surface area (Å²) in [6, 6.07) is -0.799. The largest absolute Gasteiger partial charge is 0.508 e. The van der Waals surface area contributed by atoms with Crippen LogP contribution in [0.25, 0.3) is 0 Å². The van der Waals surface area contributed by atoms with Gasteiger partial charge < -0.3 is 154 Å². The molecule has 52 nitrogen and oxygen atoms in total. The molecule has 4 heterocycles. The fourth-order valence-corrected chi connectivity index (χ4v) is 16.9. The van der Waals surface area contributed by atoms with Gasteiger partial charge in [-0.3, -0.25) is 101 Å². The Bertz CT molecular complexity index is 5150. The molecule has 3 aromatic carbocycles. The van der Waals surface area contributed by atoms with E-state index in [1.54, 1.807) is 66.9 Å². The number of hydrogen-bond donors (Lipinski definition) is 27. The number of H-pyrrole nitrogens is 1. The summed E-state index contributed by atoms with van der Waals surface area (Å²) in [6.07, 6.45) is 2.16. The zero-order chi connectivity index (χ0) is 107. The third kappa shape index (κ3) is 39.6. The SMILES string of the molecule is CSCC[C@H](NC(=O)[C@H](CCCCN)NC(=O)[C@H](Cc1ccc(O)cc1)NC(=O)[C@@H]1CCCN1C(=O)CNC(=O)CNC(=O)[C@@H](N)CC(=O)O)C(=O)N[C@@H](CCC(N)=O)C(=O)N[C@@H](Cc1cnc[nH]1)C(=O)N[C@@H](Cc1ccccc1)C(=O)N[C@@H](CCCNC(=N)N)C(=O)N[C@@H](Cc1ccccc1)C(=O)NCC(=O)N[C@@H](CO)C(=O)N1CCC[C@H]1C(=O)N1CCC[C@H]1C(=O)N[C@@H](CCCCN)C(=O)N[C@@H](CC(=O)O)C(=O)O. The van der Waals surface area contributed by atoms with Crippen LogP contribution in [0.3, 0.4) is 0 Å². The van der Waals surface area contributed by atoms with Crippen LogP contribution in [0.2, 0.25) is 0 Å². The van der Waals surface area contributed by atoms with Gasteiger partial charge in [-0.05, 0) is 157 Å². The molecule has 0 bridgehead atoms. The number of carboxylic acids is 3. The van der Waals surface area contributed by atoms with E-state index in [1.165, 1.54) is 58.4 Å². The molecule has 3 fully saturated rings. The number of thioether (sulfide) groups is 1. The molecule has 3 aliphatic heterocycles. The van der Waals surface area contributed by atoms with Gasteiger partial charge in [-0.1, -0.05) is 72.8 Å². The Morgan fingerprint density at radius 2 is 0.870 bits per heavy atom. The molecule has 7 rings (SSSR count). The van der Waals surface area contributed by atoms with E-state index in [2.05, 4.69) is 89.7 Å². The average Bonchev–Trinajstić information content (AvgIpc) is 1.65. The number of benzene rings is 3. The van der Waals surface area contributed by atoms with Gasteiger partial charge >= 0.3 is 17.9 Å². The lowest BCUT2D eigenvalue weighted by molar-refractivity contribution is -0.149. The molecule has 3 aliphatic rings. The van der Waals surface area contributed by atoms with Crippen molar-refractivity contribution < 1.29 is 126 Å². The first-order valence-corrected chi connectivity index (χ1v) is 49.3. The minimum absolute atomic E-state index is 0.000307. The number of aliphatic hydroxyl groups excluding tert-OH is 1. The van der Waals surface area contributed by atoms with Crippen molar-refractivity contribution in [1.82, 2.24) is 104 Å². The van der Waals surface area contributed by atoms with Crippen molar-refractivity contribution in [3.8, 4) is 5.75 Å². The van der Waals surface area contributed by atoms with Crippen LogP contribution < -0.4 is 108 Å². The number of guanidine groups is 1. The number of aromatic nitrogens is 2. The van der Waals surface area contributed by atoms with Crippen molar-refractivity contribution in [3.05, 3.63) is 120 Å². The maximum absolute atomic E-state index is 15.3. The number of rotatable bonds is 63. The molecule has 3 saturated heterocycles. The number of amides is 18. The Hall–Kier alpha value is -15.0. The van der Waals surface area contributed by atoms with Crippen molar-refractivity contribution in [3.63, 3.8) is 0 Å². The van der Waals surface area contributed by atoms with Gasteiger partial charge in [0.25, 0.3) is 0 Å². The molecule has 1 aromatic heterocycles. The van der Waals surface area contributed by atoms with Crippen molar-refractivity contribution in [2.75, 3.05) is 77.5 Å². The Kier molecular flexibility index (Phi) is 49.5. The molecule has 15 atom stereocenters. The minimum atomic E-state index is -1.84. The molecule has 53 heteroatoms. The topological polar surface area (TPSA) is 832 Å². The molecular formula is C93H134N26O26S. The van der Waals surface area contributed by atoms with Crippen molar-refractivity contribution in [2.24, 2.45) is 28.7 Å². The number of carbonyl (C=O) groups excluding carboxylic acids is 18. The summed E-state index contributed by atoms with van der Waals surface area (Å²) in [7, 11) is 0. The average molecular weight is 2060 g/mol. The number of nitrogens with zero attached hydrogens (tertiary/aromatic N) is 4. The Morgan fingerprint density at radius 1 is 0.445 bits per heavy atom. The lowest BCUT2D eigenvalue weighted by Crippen LogP contribution is -2.61. The van der Waals surface area contributed by atoms with E-state index in [4.69, 9.17) is 39.2 Å². The maximum atomic E-state index is 15.3. The van der Waals surface area contributed by atoms with Crippen molar-refractivity contribution >= 4 is 142 Å². The summed E-state index contributed by atoms with van der Waals surface area (Å²) < 4.78 is 0. The number of primary amides is 1. The monoisotopic (exact) mass is 2060 g/mol. The number of unbranched alkanes of at least 4 members (excludes halogenated alkanes) is 2. The van der Waals surface area contributed by atoms with Crippen LogP contribution >= 0.6 is 11.8 Å². The first-order chi connectivity index (χ1) is 69.7. The van der Waals surface area contributed by atoms with E-state index in [0.717, 1.165) is 4.90 Å². The van der Waals surface area contributed by atoms with E-state index in [1.807, 2.05) is 0 Å². The molecule has 0 aliphatic carbocycles. The lowest BCUT2D eigenvalue weighted by Gasteiger charge is -2.33. The highest BCUT2D eigenvalue weighted by Gasteiger charge is 2.46. The number of phenolic OH excluding ortho intramolecular Hbond substituents is 1. The third-order valence-electron chi connectivity index (χ3n) is 24.1. The molecular weight excluding hydrogens is 1930 g/mol. The van der Waals surface area contributed by atoms with E-state index in [-0.39, 0.29) is 146 Å². The summed E-state index contributed by atoms with van der Waals surface area (Å²) >= 11 is 1.26. The number of aromatic hydroxyl groups is 1. The quantitative estimate of drug-likeness (QED) is 0.0111. The highest BCUT2D eigenvalue weighted by Crippen LogP contribution is 2.28. The third-order valence-corrected chi connectivity index (χ3v) is 24.8. The molecule has 32 N–H and O–H groups in total. The Labute approximate surface area is 844 Å². The second-order valence-corrected chi connectivity index (χ2v) is 36.2. The number of carbonyl (C=O) groups is 21. The molecule has 798 valence electrons. The van der Waals surface area contributed by atoms with Gasteiger partial charge in [-0.15, -0.1) is 0 Å². The van der Waals surface area contributed by atoms with Crippen LogP contribution in [-0.2, 0) is 126 Å². The number of imidazole rings is 1. The zero-order valence-corrected chi connectivity index (χ0v) is 81.6. The maximum Gasteiger partial charge on any atom is 0.326 e. The minimum Gasteiger partial charge on any atom is -0.508 e. The number of likely N-dealkylation sites (tertiary alicyclic amines) is 3. The van der Waals surface area contributed by atoms with Crippen LogP contribution in [0.4, 0.5) is 0 Å². The van der Waals surface area contributed by atoms with Gasteiger partial charge in [0, 0.05) is 70.2 Å². The molecule has 4 aromatic rings. The zero-order valence-electron chi connectivity index (χ0n) is 80.8. The van der Waals surface area contributed by atoms with Gasteiger partial charge in [-0.25, -0.2) is 9.78 Å². The first-order valence-electron chi connectivity index (χ1n) is 47.9. The molecule has 146 heavy (non-hydrogen) atoms. The Balaban J connectivity index is 1.07. The van der Waals surface area contributed by atoms with Crippen LogP contribution in [0, 0.1) is 5.41 Å². The number of carboxylic acid groups (broad SMARTS) is 3. The molecule has 0 unspecified atom stereocenters. The summed E-state index contributed by atoms with van der Waals surface area (Å²) in [5.74, 6) is -21.6. The number of nitrogens with two attached hydrogens (primary N) is 5. The molecule has 18 amide bonds. The predicted molar refractivity (Wildman–Crippen MR) is 522 cm³/mol. The van der Waals surface area contributed by atoms with E-state index in [0.29, 0.717) is 42.4 Å². The highest BCUT2D eigenvalue weighted by molar-refractivity contribution is 7.98. The van der Waals surface area contributed by atoms with Gasteiger partial charge in [0.15, 0.2) is 5.96 Å². The summed E-state index contributed by atoms with van der Waals surface area (Å²) in [4.78, 5) is 300. The van der Waals surface area contributed by atoms with Gasteiger partial charge in [0.05, 0.1) is 51.5 Å². The predicted octanol–water partition coefficient (Wildman–Crippen LogP) is -8.07. The number of aromatic amines is 1. The molecule has 0 radical (unpaired) electrons. The van der Waals surface area contributed by atoms with Crippen LogP contribution in [0.15, 0.2) is 97.5 Å². The van der Waals surface area contributed by atoms with Crippen LogP contribution in [0.1, 0.15) is 144 Å². The van der Waals surface area contributed by atoms with Crippen LogP contribution in [0.5, 0.6) is 5.75 Å². The van der Waals surface area contributed by atoms with Crippen molar-refractivity contribution in [1.29, 1.82) is 5.41 Å². The summed E-state index contributed by atoms with van der Waals surface area (Å²) in [6.45, 7) is -2.90. The van der Waals surface area contributed by atoms with E-state index >= 15 is 19.2 Å². The highest BCUT2D eigenvalue weighted by atomic mass is 32.2. The summed E-state index contributed by atoms with van der Waals surface area (Å²) in [5, 5.41) is 94.5. The number of nitrogens with one attached hydrogen (secondary N) is 17. The first kappa shape index (κ1) is 118. The number of aliphatic hydroxyl groups is 1. The second-order valence-electron chi connectivity index (χ2n) is 35.3. The van der Waals surface area contributed by atoms with E-state index < -0.39 is 279 Å². The lowest BCUT2D eigenvalue weighted by atomic mass is 10.0.